The van der Waals surface area contributed by atoms with Crippen molar-refractivity contribution in [3.63, 3.8) is 0 Å². The molecule has 0 bridgehead atoms. The van der Waals surface area contributed by atoms with E-state index in [4.69, 9.17) is 0 Å². The molecule has 3 aromatic rings. The average Bonchev–Trinajstić information content (AvgIpc) is 3.20. The van der Waals surface area contributed by atoms with Gasteiger partial charge in [0.1, 0.15) is 11.9 Å². The highest BCUT2D eigenvalue weighted by Crippen LogP contribution is 2.21. The molecule has 0 spiro atoms. The molecule has 11 heteroatoms. The van der Waals surface area contributed by atoms with Crippen molar-refractivity contribution in [1.82, 2.24) is 24.9 Å². The lowest BCUT2D eigenvalue weighted by Crippen LogP contribution is -2.49. The molecule has 156 valence electrons. The smallest absolute Gasteiger partial charge is 0.276 e. The fourth-order valence-electron chi connectivity index (χ4n) is 3.52. The Balaban J connectivity index is 1.50. The molecule has 1 aromatic carbocycles. The van der Waals surface area contributed by atoms with Crippen LogP contribution in [-0.4, -0.2) is 61.9 Å². The van der Waals surface area contributed by atoms with Gasteiger partial charge in [-0.25, -0.2) is 9.67 Å². The van der Waals surface area contributed by atoms with Gasteiger partial charge in [-0.15, -0.1) is 5.10 Å². The van der Waals surface area contributed by atoms with E-state index in [-0.39, 0.29) is 17.3 Å². The number of hydrogen-bond acceptors (Lipinski definition) is 8. The molecule has 0 saturated carbocycles. The van der Waals surface area contributed by atoms with Crippen LogP contribution in [0.2, 0.25) is 0 Å². The van der Waals surface area contributed by atoms with Gasteiger partial charge in [0.2, 0.25) is 0 Å². The topological polar surface area (TPSA) is 134 Å². The molecule has 0 aliphatic carbocycles. The fraction of sp³-hybridized carbons (Fsp3) is 0.250. The summed E-state index contributed by atoms with van der Waals surface area (Å²) in [5.74, 6) is 0.361. The highest BCUT2D eigenvalue weighted by molar-refractivity contribution is 5.93. The van der Waals surface area contributed by atoms with Gasteiger partial charge in [-0.2, -0.15) is 5.26 Å². The maximum absolute atomic E-state index is 13.0. The molecule has 31 heavy (non-hydrogen) atoms. The number of rotatable bonds is 4. The molecule has 0 N–H and O–H groups in total. The van der Waals surface area contributed by atoms with E-state index in [2.05, 4.69) is 21.4 Å². The van der Waals surface area contributed by atoms with E-state index in [1.54, 1.807) is 42.3 Å². The van der Waals surface area contributed by atoms with E-state index in [0.29, 0.717) is 48.9 Å². The highest BCUT2D eigenvalue weighted by Gasteiger charge is 2.27. The number of nitrogens with zero attached hydrogens (tertiary/aromatic N) is 8. The van der Waals surface area contributed by atoms with Crippen molar-refractivity contribution in [1.29, 1.82) is 5.26 Å². The van der Waals surface area contributed by atoms with E-state index >= 15 is 0 Å². The molecule has 0 atom stereocenters. The van der Waals surface area contributed by atoms with Gasteiger partial charge in [0.15, 0.2) is 5.69 Å². The summed E-state index contributed by atoms with van der Waals surface area (Å²) in [6.45, 7) is 3.67. The maximum Gasteiger partial charge on any atom is 0.276 e. The third-order valence-corrected chi connectivity index (χ3v) is 5.16. The van der Waals surface area contributed by atoms with Gasteiger partial charge in [0.25, 0.3) is 11.6 Å². The van der Waals surface area contributed by atoms with Crippen LogP contribution in [0, 0.1) is 28.4 Å². The number of carbonyl (C=O) groups is 1. The molecule has 4 rings (SSSR count). The molecule has 0 radical (unpaired) electrons. The Hall–Kier alpha value is -4.33. The first-order valence-corrected chi connectivity index (χ1v) is 9.56. The molecule has 11 nitrogen and oxygen atoms in total. The van der Waals surface area contributed by atoms with Crippen LogP contribution in [0.5, 0.6) is 0 Å². The van der Waals surface area contributed by atoms with E-state index in [0.717, 1.165) is 0 Å². The van der Waals surface area contributed by atoms with E-state index in [1.807, 2.05) is 4.90 Å². The summed E-state index contributed by atoms with van der Waals surface area (Å²) in [5, 5.41) is 28.4. The Bertz CT molecular complexity index is 1190. The molecule has 0 unspecified atom stereocenters. The minimum atomic E-state index is -0.485. The van der Waals surface area contributed by atoms with Crippen molar-refractivity contribution in [3.05, 3.63) is 69.7 Å². The van der Waals surface area contributed by atoms with Crippen molar-refractivity contribution >= 4 is 17.4 Å². The first-order valence-electron chi connectivity index (χ1n) is 9.56. The summed E-state index contributed by atoms with van der Waals surface area (Å²) in [6.07, 6.45) is 1.64. The Kier molecular flexibility index (Phi) is 5.28. The number of nitro benzene ring substituents is 1. The Labute approximate surface area is 177 Å². The van der Waals surface area contributed by atoms with Gasteiger partial charge in [-0.3, -0.25) is 14.9 Å². The molecule has 3 heterocycles. The third-order valence-electron chi connectivity index (χ3n) is 5.16. The zero-order valence-corrected chi connectivity index (χ0v) is 16.7. The van der Waals surface area contributed by atoms with Crippen LogP contribution in [0.4, 0.5) is 11.5 Å². The van der Waals surface area contributed by atoms with Crippen LogP contribution in [-0.2, 0) is 0 Å². The van der Waals surface area contributed by atoms with Gasteiger partial charge >= 0.3 is 0 Å². The number of piperazine rings is 1. The molecule has 2 aromatic heterocycles. The van der Waals surface area contributed by atoms with E-state index in [1.165, 1.54) is 16.8 Å². The van der Waals surface area contributed by atoms with Crippen molar-refractivity contribution in [3.8, 4) is 11.8 Å². The largest absolute Gasteiger partial charge is 0.352 e. The number of hydrogen-bond donors (Lipinski definition) is 0. The van der Waals surface area contributed by atoms with Crippen molar-refractivity contribution < 1.29 is 9.72 Å². The van der Waals surface area contributed by atoms with Crippen LogP contribution < -0.4 is 4.90 Å². The first kappa shape index (κ1) is 20.0. The predicted molar refractivity (Wildman–Crippen MR) is 110 cm³/mol. The van der Waals surface area contributed by atoms with Crippen LogP contribution in [0.1, 0.15) is 21.7 Å². The maximum atomic E-state index is 13.0. The quantitative estimate of drug-likeness (QED) is 0.462. The molecule has 1 aliphatic heterocycles. The van der Waals surface area contributed by atoms with Crippen molar-refractivity contribution in [2.75, 3.05) is 31.1 Å². The Morgan fingerprint density at radius 1 is 1.19 bits per heavy atom. The molecular formula is C20H18N8O3. The van der Waals surface area contributed by atoms with Gasteiger partial charge in [0, 0.05) is 44.5 Å². The summed E-state index contributed by atoms with van der Waals surface area (Å²) >= 11 is 0. The van der Waals surface area contributed by atoms with Crippen molar-refractivity contribution in [2.45, 2.75) is 6.92 Å². The van der Waals surface area contributed by atoms with Crippen molar-refractivity contribution in [2.24, 2.45) is 0 Å². The summed E-state index contributed by atoms with van der Waals surface area (Å²) < 4.78 is 1.42. The Morgan fingerprint density at radius 2 is 1.97 bits per heavy atom. The molecule has 1 amide bonds. The number of nitriles is 1. The number of benzene rings is 1. The second-order valence-corrected chi connectivity index (χ2v) is 6.98. The highest BCUT2D eigenvalue weighted by atomic mass is 16.6. The van der Waals surface area contributed by atoms with E-state index < -0.39 is 4.92 Å². The van der Waals surface area contributed by atoms with Crippen LogP contribution in [0.15, 0.2) is 42.6 Å². The van der Waals surface area contributed by atoms with Crippen LogP contribution in [0.25, 0.3) is 5.69 Å². The normalized spacial score (nSPS) is 13.7. The van der Waals surface area contributed by atoms with Crippen LogP contribution >= 0.6 is 0 Å². The summed E-state index contributed by atoms with van der Waals surface area (Å²) in [6, 6.07) is 11.6. The third kappa shape index (κ3) is 3.78. The molecule has 1 aliphatic rings. The van der Waals surface area contributed by atoms with Crippen LogP contribution in [0.3, 0.4) is 0 Å². The lowest BCUT2D eigenvalue weighted by atomic mass is 10.2. The zero-order valence-electron chi connectivity index (χ0n) is 16.7. The lowest BCUT2D eigenvalue weighted by molar-refractivity contribution is -0.384. The number of non-ortho nitro benzene ring substituents is 1. The monoisotopic (exact) mass is 418 g/mol. The standard InChI is InChI=1S/C20H18N8O3/c1-14-18(23-24-27(14)16-5-2-6-17(12-16)28(30)31)20(29)26-10-8-25(9-11-26)19-15(13-21)4-3-7-22-19/h2-7,12H,8-11H2,1H3. The number of amides is 1. The number of carbonyl (C=O) groups excluding carboxylic acids is 1. The minimum Gasteiger partial charge on any atom is -0.352 e. The number of nitro groups is 1. The lowest BCUT2D eigenvalue weighted by Gasteiger charge is -2.35. The molecule has 1 fully saturated rings. The van der Waals surface area contributed by atoms with Gasteiger partial charge in [0.05, 0.1) is 21.9 Å². The number of anilines is 1. The second-order valence-electron chi connectivity index (χ2n) is 6.98. The first-order chi connectivity index (χ1) is 15.0. The van der Waals surface area contributed by atoms with Gasteiger partial charge < -0.3 is 9.80 Å². The average molecular weight is 418 g/mol. The van der Waals surface area contributed by atoms with Gasteiger partial charge in [-0.05, 0) is 25.1 Å². The molecular weight excluding hydrogens is 400 g/mol. The summed E-state index contributed by atoms with van der Waals surface area (Å²) in [5.41, 5.74) is 1.60. The summed E-state index contributed by atoms with van der Waals surface area (Å²) in [7, 11) is 0. The molecule has 1 saturated heterocycles. The second kappa shape index (κ2) is 8.19. The van der Waals surface area contributed by atoms with E-state index in [9.17, 15) is 20.2 Å². The van der Waals surface area contributed by atoms with Gasteiger partial charge in [-0.1, -0.05) is 11.3 Å². The number of aromatic nitrogens is 4. The number of pyridine rings is 1. The SMILES string of the molecule is Cc1c(C(=O)N2CCN(c3ncccc3C#N)CC2)nnn1-c1cccc([N+](=O)[O-])c1. The Morgan fingerprint density at radius 3 is 2.68 bits per heavy atom. The fourth-order valence-corrected chi connectivity index (χ4v) is 3.52. The summed E-state index contributed by atoms with van der Waals surface area (Å²) in [4.78, 5) is 31.5. The minimum absolute atomic E-state index is 0.0670. The zero-order chi connectivity index (χ0) is 22.0. The predicted octanol–water partition coefficient (Wildman–Crippen LogP) is 1.71.